The van der Waals surface area contributed by atoms with Crippen LogP contribution in [0.15, 0.2) is 0 Å². The second-order valence-electron chi connectivity index (χ2n) is 5.28. The van der Waals surface area contributed by atoms with Gasteiger partial charge in [0.2, 0.25) is 11.8 Å². The summed E-state index contributed by atoms with van der Waals surface area (Å²) in [6.45, 7) is 0. The molecule has 1 saturated heterocycles. The molecule has 1 aliphatic carbocycles. The van der Waals surface area contributed by atoms with E-state index in [1.54, 1.807) is 0 Å². The number of hydrogen-bond donors (Lipinski definition) is 1. The number of imide groups is 1. The average molecular weight is 263 g/mol. The molecule has 2 rings (SSSR count). The SMILES string of the molecule is CN1C(=O)CC(NC(=O)C2(C#N)CCCCC2)C1=O. The molecule has 1 N–H and O–H groups in total. The molecule has 6 nitrogen and oxygen atoms in total. The molecule has 0 aromatic heterocycles. The van der Waals surface area contributed by atoms with Gasteiger partial charge in [0.05, 0.1) is 12.5 Å². The van der Waals surface area contributed by atoms with Gasteiger partial charge >= 0.3 is 0 Å². The molecule has 1 saturated carbocycles. The van der Waals surface area contributed by atoms with Gasteiger partial charge < -0.3 is 5.32 Å². The Labute approximate surface area is 111 Å². The van der Waals surface area contributed by atoms with E-state index >= 15 is 0 Å². The second-order valence-corrected chi connectivity index (χ2v) is 5.28. The normalized spacial score (nSPS) is 26.1. The van der Waals surface area contributed by atoms with Crippen LogP contribution in [0.4, 0.5) is 0 Å². The first-order valence-electron chi connectivity index (χ1n) is 6.53. The van der Waals surface area contributed by atoms with Crippen LogP contribution in [0.5, 0.6) is 0 Å². The highest BCUT2D eigenvalue weighted by atomic mass is 16.2. The van der Waals surface area contributed by atoms with Gasteiger partial charge in [0, 0.05) is 7.05 Å². The number of amides is 3. The third-order valence-electron chi connectivity index (χ3n) is 4.04. The summed E-state index contributed by atoms with van der Waals surface area (Å²) in [7, 11) is 1.40. The Morgan fingerprint density at radius 3 is 2.47 bits per heavy atom. The third-order valence-corrected chi connectivity index (χ3v) is 4.04. The molecular formula is C13H17N3O3. The lowest BCUT2D eigenvalue weighted by Gasteiger charge is -2.30. The molecule has 0 aromatic rings. The minimum absolute atomic E-state index is 0.0113. The number of rotatable bonds is 2. The maximum absolute atomic E-state index is 12.3. The predicted octanol–water partition coefficient (Wildman–Crippen LogP) is 0.334. The van der Waals surface area contributed by atoms with Crippen molar-refractivity contribution in [1.29, 1.82) is 5.26 Å². The molecule has 1 heterocycles. The molecule has 2 fully saturated rings. The molecule has 0 radical (unpaired) electrons. The van der Waals surface area contributed by atoms with E-state index in [2.05, 4.69) is 11.4 Å². The van der Waals surface area contributed by atoms with Crippen molar-refractivity contribution in [2.45, 2.75) is 44.6 Å². The molecular weight excluding hydrogens is 246 g/mol. The predicted molar refractivity (Wildman–Crippen MR) is 65.5 cm³/mol. The Kier molecular flexibility index (Phi) is 3.56. The van der Waals surface area contributed by atoms with Crippen molar-refractivity contribution < 1.29 is 14.4 Å². The van der Waals surface area contributed by atoms with E-state index in [-0.39, 0.29) is 12.3 Å². The van der Waals surface area contributed by atoms with Crippen LogP contribution < -0.4 is 5.32 Å². The molecule has 0 bridgehead atoms. The topological polar surface area (TPSA) is 90.3 Å². The average Bonchev–Trinajstić information content (AvgIpc) is 2.67. The van der Waals surface area contributed by atoms with E-state index in [1.807, 2.05) is 0 Å². The zero-order valence-corrected chi connectivity index (χ0v) is 10.9. The van der Waals surface area contributed by atoms with Gasteiger partial charge in [-0.15, -0.1) is 0 Å². The summed E-state index contributed by atoms with van der Waals surface area (Å²) in [6.07, 6.45) is 3.76. The monoisotopic (exact) mass is 263 g/mol. The molecule has 0 spiro atoms. The van der Waals surface area contributed by atoms with Crippen molar-refractivity contribution in [2.24, 2.45) is 5.41 Å². The molecule has 3 amide bonds. The highest BCUT2D eigenvalue weighted by Gasteiger charge is 2.44. The van der Waals surface area contributed by atoms with Crippen molar-refractivity contribution in [2.75, 3.05) is 7.05 Å². The molecule has 6 heteroatoms. The number of likely N-dealkylation sites (N-methyl/N-ethyl adjacent to an activating group) is 1. The molecule has 1 aliphatic heterocycles. The Hall–Kier alpha value is -1.90. The summed E-state index contributed by atoms with van der Waals surface area (Å²) >= 11 is 0. The minimum atomic E-state index is -1.03. The highest BCUT2D eigenvalue weighted by molar-refractivity contribution is 6.07. The van der Waals surface area contributed by atoms with Gasteiger partial charge in [-0.2, -0.15) is 5.26 Å². The fraction of sp³-hybridized carbons (Fsp3) is 0.692. The Morgan fingerprint density at radius 2 is 2.00 bits per heavy atom. The van der Waals surface area contributed by atoms with Gasteiger partial charge in [0.1, 0.15) is 11.5 Å². The van der Waals surface area contributed by atoms with E-state index in [1.165, 1.54) is 7.05 Å². The standard InChI is InChI=1S/C13H17N3O3/c1-16-10(17)7-9(11(16)18)15-12(19)13(8-14)5-3-2-4-6-13/h9H,2-7H2,1H3,(H,15,19). The van der Waals surface area contributed by atoms with E-state index in [9.17, 15) is 19.6 Å². The van der Waals surface area contributed by atoms with Crippen LogP contribution in [-0.2, 0) is 14.4 Å². The molecule has 0 aromatic carbocycles. The van der Waals surface area contributed by atoms with Gasteiger partial charge in [0.25, 0.3) is 5.91 Å². The second kappa shape index (κ2) is 5.00. The number of nitrogens with one attached hydrogen (secondary N) is 1. The number of carbonyl (C=O) groups excluding carboxylic acids is 3. The molecule has 1 unspecified atom stereocenters. The van der Waals surface area contributed by atoms with Gasteiger partial charge in [-0.25, -0.2) is 0 Å². The summed E-state index contributed by atoms with van der Waals surface area (Å²) in [5.41, 5.74) is -1.03. The Bertz CT molecular complexity index is 460. The van der Waals surface area contributed by atoms with E-state index in [4.69, 9.17) is 0 Å². The fourth-order valence-corrected chi connectivity index (χ4v) is 2.71. The maximum atomic E-state index is 12.3. The summed E-state index contributed by atoms with van der Waals surface area (Å²) in [4.78, 5) is 36.4. The van der Waals surface area contributed by atoms with Crippen molar-refractivity contribution in [3.63, 3.8) is 0 Å². The first-order chi connectivity index (χ1) is 9.00. The largest absolute Gasteiger partial charge is 0.342 e. The lowest BCUT2D eigenvalue weighted by Crippen LogP contribution is -2.48. The van der Waals surface area contributed by atoms with Crippen LogP contribution in [0.1, 0.15) is 38.5 Å². The number of nitrogens with zero attached hydrogens (tertiary/aromatic N) is 2. The smallest absolute Gasteiger partial charge is 0.252 e. The number of likely N-dealkylation sites (tertiary alicyclic amines) is 1. The zero-order valence-electron chi connectivity index (χ0n) is 10.9. The number of hydrogen-bond acceptors (Lipinski definition) is 4. The summed E-state index contributed by atoms with van der Waals surface area (Å²) in [6, 6.07) is 1.30. The van der Waals surface area contributed by atoms with Gasteiger partial charge in [-0.1, -0.05) is 19.3 Å². The molecule has 102 valence electrons. The highest BCUT2D eigenvalue weighted by Crippen LogP contribution is 2.36. The summed E-state index contributed by atoms with van der Waals surface area (Å²) < 4.78 is 0. The van der Waals surface area contributed by atoms with Crippen molar-refractivity contribution in [1.82, 2.24) is 10.2 Å². The zero-order chi connectivity index (χ0) is 14.0. The van der Waals surface area contributed by atoms with Crippen LogP contribution in [0.2, 0.25) is 0 Å². The fourth-order valence-electron chi connectivity index (χ4n) is 2.71. The van der Waals surface area contributed by atoms with Gasteiger partial charge in [-0.3, -0.25) is 19.3 Å². The van der Waals surface area contributed by atoms with Crippen LogP contribution in [0.25, 0.3) is 0 Å². The quantitative estimate of drug-likeness (QED) is 0.727. The first-order valence-corrected chi connectivity index (χ1v) is 6.53. The van der Waals surface area contributed by atoms with Crippen LogP contribution in [0.3, 0.4) is 0 Å². The van der Waals surface area contributed by atoms with Gasteiger partial charge in [-0.05, 0) is 12.8 Å². The Balaban J connectivity index is 2.07. The Morgan fingerprint density at radius 1 is 1.37 bits per heavy atom. The maximum Gasteiger partial charge on any atom is 0.252 e. The van der Waals surface area contributed by atoms with E-state index in [0.717, 1.165) is 24.2 Å². The summed E-state index contributed by atoms with van der Waals surface area (Å²) in [5.74, 6) is -1.11. The van der Waals surface area contributed by atoms with Crippen molar-refractivity contribution in [3.05, 3.63) is 0 Å². The minimum Gasteiger partial charge on any atom is -0.342 e. The summed E-state index contributed by atoms with van der Waals surface area (Å²) in [5, 5.41) is 11.9. The number of nitriles is 1. The lowest BCUT2D eigenvalue weighted by molar-refractivity contribution is -0.139. The van der Waals surface area contributed by atoms with Crippen molar-refractivity contribution in [3.8, 4) is 6.07 Å². The van der Waals surface area contributed by atoms with Crippen molar-refractivity contribution >= 4 is 17.7 Å². The van der Waals surface area contributed by atoms with Crippen LogP contribution in [-0.4, -0.2) is 35.7 Å². The molecule has 19 heavy (non-hydrogen) atoms. The lowest BCUT2D eigenvalue weighted by atomic mass is 9.74. The molecule has 2 aliphatic rings. The van der Waals surface area contributed by atoms with Gasteiger partial charge in [0.15, 0.2) is 0 Å². The first kappa shape index (κ1) is 13.5. The van der Waals surface area contributed by atoms with Crippen LogP contribution in [0, 0.1) is 16.7 Å². The van der Waals surface area contributed by atoms with Crippen LogP contribution >= 0.6 is 0 Å². The van der Waals surface area contributed by atoms with E-state index in [0.29, 0.717) is 12.8 Å². The molecule has 1 atom stereocenters. The third kappa shape index (κ3) is 2.33. The van der Waals surface area contributed by atoms with E-state index < -0.39 is 23.3 Å². The number of carbonyl (C=O) groups is 3.